The zero-order chi connectivity index (χ0) is 15.4. The van der Waals surface area contributed by atoms with Crippen LogP contribution in [0.15, 0.2) is 16.6 Å². The van der Waals surface area contributed by atoms with E-state index in [9.17, 15) is 0 Å². The van der Waals surface area contributed by atoms with Crippen LogP contribution in [0, 0.1) is 5.92 Å². The summed E-state index contributed by atoms with van der Waals surface area (Å²) in [6, 6.07) is 4.33. The second-order valence-corrected chi connectivity index (χ2v) is 6.74. The predicted octanol–water partition coefficient (Wildman–Crippen LogP) is 4.48. The lowest BCUT2D eigenvalue weighted by molar-refractivity contribution is 0.268. The van der Waals surface area contributed by atoms with Crippen LogP contribution in [0.4, 0.5) is 0 Å². The molecule has 0 spiro atoms. The molecule has 1 aliphatic rings. The van der Waals surface area contributed by atoms with Gasteiger partial charge in [-0.05, 0) is 47.2 Å². The van der Waals surface area contributed by atoms with Crippen molar-refractivity contribution in [2.75, 3.05) is 14.2 Å². The molecular formula is C17H26BrNO2. The molecule has 4 heteroatoms. The fraction of sp³-hybridized carbons (Fsp3) is 0.647. The molecule has 21 heavy (non-hydrogen) atoms. The fourth-order valence-electron chi connectivity index (χ4n) is 3.52. The van der Waals surface area contributed by atoms with Gasteiger partial charge in [0.15, 0.2) is 0 Å². The first-order chi connectivity index (χ1) is 10.1. The van der Waals surface area contributed by atoms with Crippen molar-refractivity contribution in [2.45, 2.75) is 51.0 Å². The van der Waals surface area contributed by atoms with Gasteiger partial charge in [0, 0.05) is 17.5 Å². The number of ether oxygens (including phenoxy) is 2. The van der Waals surface area contributed by atoms with Gasteiger partial charge in [-0.3, -0.25) is 0 Å². The lowest BCUT2D eigenvalue weighted by Gasteiger charge is -2.35. The monoisotopic (exact) mass is 355 g/mol. The number of nitrogens with two attached hydrogens (primary N) is 1. The van der Waals surface area contributed by atoms with E-state index in [-0.39, 0.29) is 6.04 Å². The van der Waals surface area contributed by atoms with E-state index in [0.29, 0.717) is 5.92 Å². The molecule has 0 heterocycles. The summed E-state index contributed by atoms with van der Waals surface area (Å²) in [4.78, 5) is 0. The molecule has 1 aliphatic carbocycles. The molecule has 3 atom stereocenters. The minimum Gasteiger partial charge on any atom is -0.495 e. The van der Waals surface area contributed by atoms with Crippen LogP contribution in [0.3, 0.4) is 0 Å². The van der Waals surface area contributed by atoms with Gasteiger partial charge >= 0.3 is 0 Å². The van der Waals surface area contributed by atoms with Crippen molar-refractivity contribution < 1.29 is 9.47 Å². The van der Waals surface area contributed by atoms with Crippen LogP contribution >= 0.6 is 15.9 Å². The van der Waals surface area contributed by atoms with Gasteiger partial charge in [-0.15, -0.1) is 0 Å². The lowest BCUT2D eigenvalue weighted by Crippen LogP contribution is -2.34. The number of hydrogen-bond acceptors (Lipinski definition) is 3. The summed E-state index contributed by atoms with van der Waals surface area (Å²) in [6.45, 7) is 2.26. The Labute approximate surface area is 136 Å². The van der Waals surface area contributed by atoms with Gasteiger partial charge < -0.3 is 15.2 Å². The van der Waals surface area contributed by atoms with Crippen molar-refractivity contribution in [3.8, 4) is 11.5 Å². The van der Waals surface area contributed by atoms with Crippen LogP contribution in [0.5, 0.6) is 11.5 Å². The highest BCUT2D eigenvalue weighted by Gasteiger charge is 2.31. The standard InChI is InChI=1S/C17H26BrNO2/c1-4-5-11-6-8-14(19)13(10-11)12-7-9-15(20-2)16(18)17(12)21-3/h7,9,11,13-14H,4-6,8,10,19H2,1-3H3. The maximum absolute atomic E-state index is 6.41. The summed E-state index contributed by atoms with van der Waals surface area (Å²) in [7, 11) is 3.38. The summed E-state index contributed by atoms with van der Waals surface area (Å²) in [5.41, 5.74) is 7.62. The molecule has 2 rings (SSSR count). The average molecular weight is 356 g/mol. The quantitative estimate of drug-likeness (QED) is 0.846. The molecule has 1 aromatic rings. The Bertz CT molecular complexity index is 478. The highest BCUT2D eigenvalue weighted by Crippen LogP contribution is 2.45. The molecular weight excluding hydrogens is 330 g/mol. The van der Waals surface area contributed by atoms with E-state index in [2.05, 4.69) is 28.9 Å². The highest BCUT2D eigenvalue weighted by molar-refractivity contribution is 9.10. The smallest absolute Gasteiger partial charge is 0.140 e. The molecule has 3 unspecified atom stereocenters. The molecule has 118 valence electrons. The van der Waals surface area contributed by atoms with Gasteiger partial charge in [-0.2, -0.15) is 0 Å². The molecule has 0 bridgehead atoms. The topological polar surface area (TPSA) is 44.5 Å². The number of benzene rings is 1. The first kappa shape index (κ1) is 16.6. The molecule has 1 fully saturated rings. The number of halogens is 1. The minimum atomic E-state index is 0.215. The van der Waals surface area contributed by atoms with Crippen LogP contribution < -0.4 is 15.2 Å². The first-order valence-electron chi connectivity index (χ1n) is 7.78. The third-order valence-electron chi connectivity index (χ3n) is 4.62. The van der Waals surface area contributed by atoms with Crippen molar-refractivity contribution in [3.05, 3.63) is 22.2 Å². The third-order valence-corrected chi connectivity index (χ3v) is 5.38. The van der Waals surface area contributed by atoms with Crippen LogP contribution in [-0.2, 0) is 0 Å². The molecule has 0 radical (unpaired) electrons. The Morgan fingerprint density at radius 3 is 2.62 bits per heavy atom. The summed E-state index contributed by atoms with van der Waals surface area (Å²) < 4.78 is 11.9. The molecule has 0 aliphatic heterocycles. The van der Waals surface area contributed by atoms with E-state index in [0.717, 1.165) is 34.7 Å². The van der Waals surface area contributed by atoms with Crippen molar-refractivity contribution >= 4 is 15.9 Å². The van der Waals surface area contributed by atoms with Gasteiger partial charge in [0.1, 0.15) is 16.0 Å². The van der Waals surface area contributed by atoms with Crippen molar-refractivity contribution in [2.24, 2.45) is 11.7 Å². The fourth-order valence-corrected chi connectivity index (χ4v) is 4.20. The van der Waals surface area contributed by atoms with E-state index in [1.165, 1.54) is 24.8 Å². The Morgan fingerprint density at radius 1 is 1.24 bits per heavy atom. The van der Waals surface area contributed by atoms with Gasteiger partial charge in [0.2, 0.25) is 0 Å². The number of methoxy groups -OCH3 is 2. The van der Waals surface area contributed by atoms with Crippen LogP contribution in [0.2, 0.25) is 0 Å². The van der Waals surface area contributed by atoms with Crippen LogP contribution in [0.25, 0.3) is 0 Å². The van der Waals surface area contributed by atoms with E-state index >= 15 is 0 Å². The van der Waals surface area contributed by atoms with Crippen molar-refractivity contribution in [1.82, 2.24) is 0 Å². The molecule has 0 aromatic heterocycles. The van der Waals surface area contributed by atoms with E-state index in [1.807, 2.05) is 6.07 Å². The molecule has 1 saturated carbocycles. The SMILES string of the molecule is CCCC1CCC(N)C(c2ccc(OC)c(Br)c2OC)C1. The average Bonchev–Trinajstić information content (AvgIpc) is 2.49. The van der Waals surface area contributed by atoms with E-state index in [4.69, 9.17) is 15.2 Å². The Balaban J connectivity index is 2.32. The maximum Gasteiger partial charge on any atom is 0.140 e. The van der Waals surface area contributed by atoms with Crippen molar-refractivity contribution in [3.63, 3.8) is 0 Å². The number of hydrogen-bond donors (Lipinski definition) is 1. The summed E-state index contributed by atoms with van der Waals surface area (Å²) in [5.74, 6) is 2.81. The van der Waals surface area contributed by atoms with Gasteiger partial charge in [-0.25, -0.2) is 0 Å². The van der Waals surface area contributed by atoms with Gasteiger partial charge in [0.05, 0.1) is 14.2 Å². The van der Waals surface area contributed by atoms with Crippen LogP contribution in [0.1, 0.15) is 50.5 Å². The Morgan fingerprint density at radius 2 is 2.00 bits per heavy atom. The van der Waals surface area contributed by atoms with Gasteiger partial charge in [0.25, 0.3) is 0 Å². The van der Waals surface area contributed by atoms with E-state index < -0.39 is 0 Å². The van der Waals surface area contributed by atoms with E-state index in [1.54, 1.807) is 14.2 Å². The molecule has 0 saturated heterocycles. The Hall–Kier alpha value is -0.740. The number of rotatable bonds is 5. The summed E-state index contributed by atoms with van der Waals surface area (Å²) in [5, 5.41) is 0. The molecule has 3 nitrogen and oxygen atoms in total. The normalized spacial score (nSPS) is 25.7. The molecule has 0 amide bonds. The zero-order valence-electron chi connectivity index (χ0n) is 13.2. The second kappa shape index (κ2) is 7.50. The molecule has 1 aromatic carbocycles. The van der Waals surface area contributed by atoms with Crippen LogP contribution in [-0.4, -0.2) is 20.3 Å². The molecule has 2 N–H and O–H groups in total. The largest absolute Gasteiger partial charge is 0.495 e. The highest BCUT2D eigenvalue weighted by atomic mass is 79.9. The lowest BCUT2D eigenvalue weighted by atomic mass is 9.73. The van der Waals surface area contributed by atoms with Gasteiger partial charge in [-0.1, -0.05) is 25.8 Å². The predicted molar refractivity (Wildman–Crippen MR) is 90.2 cm³/mol. The second-order valence-electron chi connectivity index (χ2n) is 5.94. The maximum atomic E-state index is 6.41. The first-order valence-corrected chi connectivity index (χ1v) is 8.57. The minimum absolute atomic E-state index is 0.215. The summed E-state index contributed by atoms with van der Waals surface area (Å²) >= 11 is 3.59. The summed E-state index contributed by atoms with van der Waals surface area (Å²) in [6.07, 6.45) is 6.05. The van der Waals surface area contributed by atoms with Crippen molar-refractivity contribution in [1.29, 1.82) is 0 Å². The zero-order valence-corrected chi connectivity index (χ0v) is 14.8. The third kappa shape index (κ3) is 3.54. The Kier molecular flexibility index (Phi) is 5.94.